The van der Waals surface area contributed by atoms with Gasteiger partial charge in [0.05, 0.1) is 16.6 Å². The Morgan fingerprint density at radius 3 is 2.36 bits per heavy atom. The number of nitro groups is 1. The van der Waals surface area contributed by atoms with Gasteiger partial charge in [-0.25, -0.2) is 4.79 Å². The lowest BCUT2D eigenvalue weighted by Crippen LogP contribution is -2.10. The maximum Gasteiger partial charge on any atom is 0.354 e. The van der Waals surface area contributed by atoms with E-state index in [2.05, 4.69) is 0 Å². The molecule has 0 saturated heterocycles. The zero-order valence-electron chi connectivity index (χ0n) is 14.2. The summed E-state index contributed by atoms with van der Waals surface area (Å²) in [6.45, 7) is 0. The number of hydrogen-bond acceptors (Lipinski definition) is 6. The van der Waals surface area contributed by atoms with Gasteiger partial charge in [0.15, 0.2) is 0 Å². The molecule has 2 aromatic carbocycles. The maximum atomic E-state index is 12.3. The monoisotopic (exact) mass is 391 g/mol. The van der Waals surface area contributed by atoms with Gasteiger partial charge in [-0.3, -0.25) is 10.1 Å². The second-order valence-electron chi connectivity index (χ2n) is 5.80. The molecule has 7 nitrogen and oxygen atoms in total. The van der Waals surface area contributed by atoms with Gasteiger partial charge in [0.25, 0.3) is 5.69 Å². The van der Waals surface area contributed by atoms with Crippen molar-refractivity contribution in [3.63, 3.8) is 0 Å². The first-order valence-electron chi connectivity index (χ1n) is 7.93. The summed E-state index contributed by atoms with van der Waals surface area (Å²) in [6, 6.07) is 15.8. The van der Waals surface area contributed by atoms with E-state index >= 15 is 0 Å². The number of nitro benzene ring substituents is 1. The van der Waals surface area contributed by atoms with Gasteiger partial charge in [0.1, 0.15) is 17.4 Å². The lowest BCUT2D eigenvalue weighted by molar-refractivity contribution is -0.384. The van der Waals surface area contributed by atoms with E-state index in [0.717, 1.165) is 6.07 Å². The van der Waals surface area contributed by atoms with E-state index in [9.17, 15) is 25.4 Å². The van der Waals surface area contributed by atoms with E-state index in [4.69, 9.17) is 16.0 Å². The van der Waals surface area contributed by atoms with E-state index < -0.39 is 10.5 Å². The van der Waals surface area contributed by atoms with Gasteiger partial charge in [-0.05, 0) is 41.5 Å². The highest BCUT2D eigenvalue weighted by Gasteiger charge is 2.17. The van der Waals surface area contributed by atoms with Gasteiger partial charge in [-0.15, -0.1) is 0 Å². The van der Waals surface area contributed by atoms with Gasteiger partial charge in [-0.1, -0.05) is 17.7 Å². The van der Waals surface area contributed by atoms with Crippen LogP contribution in [0.1, 0.15) is 22.3 Å². The SMILES string of the molecule is N#Cc1cc([N+](=O)[O-])ccc1Cc1cc(-c2ccc(Cl)cc2)oc(=O)c1C#N. The molecule has 0 bridgehead atoms. The Hall–Kier alpha value is -3.94. The van der Waals surface area contributed by atoms with Gasteiger partial charge in [0, 0.05) is 29.1 Å². The fourth-order valence-corrected chi connectivity index (χ4v) is 2.82. The molecule has 1 heterocycles. The minimum Gasteiger partial charge on any atom is -0.422 e. The molecule has 0 aliphatic carbocycles. The number of nitriles is 2. The maximum absolute atomic E-state index is 12.3. The number of halogens is 1. The van der Waals surface area contributed by atoms with Crippen LogP contribution < -0.4 is 5.63 Å². The molecule has 1 aromatic heterocycles. The van der Waals surface area contributed by atoms with Crippen LogP contribution >= 0.6 is 11.6 Å². The third-order valence-corrected chi connectivity index (χ3v) is 4.33. The van der Waals surface area contributed by atoms with E-state index in [1.54, 1.807) is 30.3 Å². The highest BCUT2D eigenvalue weighted by atomic mass is 35.5. The molecule has 0 amide bonds. The zero-order valence-corrected chi connectivity index (χ0v) is 14.9. The Morgan fingerprint density at radius 1 is 1.04 bits per heavy atom. The molecule has 0 unspecified atom stereocenters. The first-order valence-corrected chi connectivity index (χ1v) is 8.31. The normalized spacial score (nSPS) is 10.1. The third kappa shape index (κ3) is 3.75. The summed E-state index contributed by atoms with van der Waals surface area (Å²) in [7, 11) is 0. The van der Waals surface area contributed by atoms with Crippen molar-refractivity contribution >= 4 is 17.3 Å². The van der Waals surface area contributed by atoms with Crippen molar-refractivity contribution in [2.24, 2.45) is 0 Å². The molecule has 28 heavy (non-hydrogen) atoms. The van der Waals surface area contributed by atoms with Crippen molar-refractivity contribution in [3.05, 3.63) is 96.3 Å². The average Bonchev–Trinajstić information content (AvgIpc) is 2.68. The van der Waals surface area contributed by atoms with E-state index in [1.807, 2.05) is 12.1 Å². The molecule has 3 aromatic rings. The van der Waals surface area contributed by atoms with Crippen molar-refractivity contribution < 1.29 is 9.34 Å². The molecule has 136 valence electrons. The summed E-state index contributed by atoms with van der Waals surface area (Å²) in [5, 5.41) is 30.1. The molecule has 0 aliphatic heterocycles. The fraction of sp³-hybridized carbons (Fsp3) is 0.0500. The Balaban J connectivity index is 2.10. The quantitative estimate of drug-likeness (QED) is 0.485. The smallest absolute Gasteiger partial charge is 0.354 e. The van der Waals surface area contributed by atoms with Crippen LogP contribution in [0.15, 0.2) is 57.7 Å². The summed E-state index contributed by atoms with van der Waals surface area (Å²) in [5.41, 5.74) is 0.308. The fourth-order valence-electron chi connectivity index (χ4n) is 2.70. The van der Waals surface area contributed by atoms with Crippen LogP contribution in [-0.4, -0.2) is 4.92 Å². The molecule has 0 fully saturated rings. The van der Waals surface area contributed by atoms with Gasteiger partial charge in [-0.2, -0.15) is 10.5 Å². The van der Waals surface area contributed by atoms with Crippen LogP contribution in [0.5, 0.6) is 0 Å². The topological polar surface area (TPSA) is 121 Å². The molecule has 0 aliphatic rings. The van der Waals surface area contributed by atoms with Crippen LogP contribution in [0.25, 0.3) is 11.3 Å². The summed E-state index contributed by atoms with van der Waals surface area (Å²) >= 11 is 5.87. The summed E-state index contributed by atoms with van der Waals surface area (Å²) in [4.78, 5) is 22.6. The Bertz CT molecular complexity index is 1220. The third-order valence-electron chi connectivity index (χ3n) is 4.08. The molecule has 0 atom stereocenters. The molecular weight excluding hydrogens is 382 g/mol. The molecule has 0 radical (unpaired) electrons. The van der Waals surface area contributed by atoms with Crippen molar-refractivity contribution in [2.75, 3.05) is 0 Å². The molecule has 3 rings (SSSR count). The molecular formula is C20H10ClN3O4. The van der Waals surface area contributed by atoms with Crippen LogP contribution in [0.2, 0.25) is 5.02 Å². The number of hydrogen-bond donors (Lipinski definition) is 0. The summed E-state index contributed by atoms with van der Waals surface area (Å²) in [5.74, 6) is 0.246. The Labute approximate surface area is 163 Å². The van der Waals surface area contributed by atoms with Gasteiger partial charge >= 0.3 is 5.63 Å². The predicted octanol–water partition coefficient (Wildman–Crippen LogP) is 4.20. The van der Waals surface area contributed by atoms with Crippen molar-refractivity contribution in [3.8, 4) is 23.5 Å². The molecule has 8 heteroatoms. The Kier molecular flexibility index (Phi) is 5.21. The highest BCUT2D eigenvalue weighted by molar-refractivity contribution is 6.30. The molecule has 0 N–H and O–H groups in total. The largest absolute Gasteiger partial charge is 0.422 e. The standard InChI is InChI=1S/C20H10ClN3O4/c21-16-4-1-12(2-5-16)19-9-14(18(11-23)20(25)28-19)7-13-3-6-17(24(26)27)8-15(13)10-22/h1-6,8-9H,7H2. The average molecular weight is 392 g/mol. The minimum atomic E-state index is -0.801. The van der Waals surface area contributed by atoms with Gasteiger partial charge in [0.2, 0.25) is 0 Å². The number of nitrogens with zero attached hydrogens (tertiary/aromatic N) is 3. The van der Waals surface area contributed by atoms with Crippen molar-refractivity contribution in [1.29, 1.82) is 10.5 Å². The minimum absolute atomic E-state index is 0.0654. The summed E-state index contributed by atoms with van der Waals surface area (Å²) < 4.78 is 5.24. The van der Waals surface area contributed by atoms with E-state index in [-0.39, 0.29) is 29.0 Å². The lowest BCUT2D eigenvalue weighted by atomic mass is 9.97. The second-order valence-corrected chi connectivity index (χ2v) is 6.24. The van der Waals surface area contributed by atoms with E-state index in [1.165, 1.54) is 12.1 Å². The highest BCUT2D eigenvalue weighted by Crippen LogP contribution is 2.25. The lowest BCUT2D eigenvalue weighted by Gasteiger charge is -2.08. The van der Waals surface area contributed by atoms with Gasteiger partial charge < -0.3 is 4.42 Å². The zero-order chi connectivity index (χ0) is 20.3. The summed E-state index contributed by atoms with van der Waals surface area (Å²) in [6.07, 6.45) is 0.0654. The number of non-ortho nitro benzene ring substituents is 1. The molecule has 0 spiro atoms. The van der Waals surface area contributed by atoms with Crippen LogP contribution in [0.3, 0.4) is 0 Å². The van der Waals surface area contributed by atoms with Crippen LogP contribution in [0.4, 0.5) is 5.69 Å². The molecule has 0 saturated carbocycles. The first-order chi connectivity index (χ1) is 13.4. The van der Waals surface area contributed by atoms with Crippen LogP contribution in [-0.2, 0) is 6.42 Å². The van der Waals surface area contributed by atoms with Crippen LogP contribution in [0, 0.1) is 32.8 Å². The first kappa shape index (κ1) is 18.8. The number of rotatable bonds is 4. The van der Waals surface area contributed by atoms with Crippen molar-refractivity contribution in [2.45, 2.75) is 6.42 Å². The second kappa shape index (κ2) is 7.75. The van der Waals surface area contributed by atoms with Crippen molar-refractivity contribution in [1.82, 2.24) is 0 Å². The number of benzene rings is 2. The Morgan fingerprint density at radius 2 is 1.75 bits per heavy atom. The predicted molar refractivity (Wildman–Crippen MR) is 101 cm³/mol. The van der Waals surface area contributed by atoms with E-state index in [0.29, 0.717) is 21.7 Å².